The highest BCUT2D eigenvalue weighted by atomic mass is 19.1. The predicted octanol–water partition coefficient (Wildman–Crippen LogP) is 3.06. The van der Waals surface area contributed by atoms with Crippen LogP contribution >= 0.6 is 0 Å². The normalized spacial score (nSPS) is 15.1. The Balaban J connectivity index is 2.34. The van der Waals surface area contributed by atoms with Crippen molar-refractivity contribution in [1.82, 2.24) is 0 Å². The first-order valence-electron chi connectivity index (χ1n) is 5.70. The molecule has 1 unspecified atom stereocenters. The van der Waals surface area contributed by atoms with Crippen molar-refractivity contribution in [2.24, 2.45) is 0 Å². The van der Waals surface area contributed by atoms with Gasteiger partial charge >= 0.3 is 0 Å². The summed E-state index contributed by atoms with van der Waals surface area (Å²) < 4.78 is 18.6. The molecule has 0 radical (unpaired) electrons. The molecule has 0 amide bonds. The number of furan rings is 1. The van der Waals surface area contributed by atoms with Gasteiger partial charge in [-0.05, 0) is 19.1 Å². The lowest BCUT2D eigenvalue weighted by Crippen LogP contribution is -2.20. The summed E-state index contributed by atoms with van der Waals surface area (Å²) in [6.07, 6.45) is -1.38. The van der Waals surface area contributed by atoms with E-state index in [9.17, 15) is 19.1 Å². The highest BCUT2D eigenvalue weighted by Crippen LogP contribution is 2.40. The van der Waals surface area contributed by atoms with E-state index < -0.39 is 17.7 Å². The molecule has 1 aromatic heterocycles. The Morgan fingerprint density at radius 1 is 1.21 bits per heavy atom. The lowest BCUT2D eigenvalue weighted by molar-refractivity contribution is 0.0813. The maximum absolute atomic E-state index is 13.3. The van der Waals surface area contributed by atoms with Gasteiger partial charge in [0.15, 0.2) is 6.17 Å². The van der Waals surface area contributed by atoms with E-state index in [1.54, 1.807) is 6.07 Å². The third kappa shape index (κ3) is 1.51. The Morgan fingerprint density at radius 2 is 1.95 bits per heavy atom. The Hall–Kier alpha value is -2.43. The van der Waals surface area contributed by atoms with Crippen LogP contribution in [0.3, 0.4) is 0 Å². The van der Waals surface area contributed by atoms with Crippen LogP contribution < -0.4 is 0 Å². The van der Waals surface area contributed by atoms with Crippen molar-refractivity contribution in [3.8, 4) is 17.1 Å². The number of hydrogen-bond acceptors (Lipinski definition) is 4. The summed E-state index contributed by atoms with van der Waals surface area (Å²) in [6, 6.07) is 5.64. The van der Waals surface area contributed by atoms with E-state index in [4.69, 9.17) is 4.42 Å². The molecule has 0 fully saturated rings. The van der Waals surface area contributed by atoms with Gasteiger partial charge in [-0.3, -0.25) is 9.59 Å². The first-order valence-corrected chi connectivity index (χ1v) is 5.70. The number of hydrogen-bond donors (Lipinski definition) is 1. The van der Waals surface area contributed by atoms with Crippen LogP contribution in [0.1, 0.15) is 39.6 Å². The summed E-state index contributed by atoms with van der Waals surface area (Å²) in [5.41, 5.74) is 0.265. The van der Waals surface area contributed by atoms with Crippen molar-refractivity contribution in [1.29, 1.82) is 0 Å². The molecular formula is C14H9FO4. The molecule has 96 valence electrons. The van der Waals surface area contributed by atoms with Crippen LogP contribution in [0.2, 0.25) is 0 Å². The van der Waals surface area contributed by atoms with Crippen molar-refractivity contribution in [3.63, 3.8) is 0 Å². The Morgan fingerprint density at radius 3 is 2.63 bits per heavy atom. The summed E-state index contributed by atoms with van der Waals surface area (Å²) in [6.45, 7) is 1.28. The number of Topliss-reactive ketones (excluding diaryl/α,β-unsaturated/α-hetero) is 2. The molecule has 0 saturated heterocycles. The van der Waals surface area contributed by atoms with Gasteiger partial charge in [-0.25, -0.2) is 4.39 Å². The molecular weight excluding hydrogens is 251 g/mol. The van der Waals surface area contributed by atoms with Gasteiger partial charge in [0.25, 0.3) is 0 Å². The monoisotopic (exact) mass is 260 g/mol. The molecule has 19 heavy (non-hydrogen) atoms. The standard InChI is InChI=1S/C14H9FO4/c1-6(15)10-5-8-12(17)13(18)11-7(14(8)19-10)3-2-4-9(11)16/h2-6,16H,1H3. The highest BCUT2D eigenvalue weighted by molar-refractivity contribution is 6.53. The van der Waals surface area contributed by atoms with Crippen LogP contribution in [-0.4, -0.2) is 16.7 Å². The molecule has 1 heterocycles. The highest BCUT2D eigenvalue weighted by Gasteiger charge is 2.36. The summed E-state index contributed by atoms with van der Waals surface area (Å²) >= 11 is 0. The molecule has 0 bridgehead atoms. The lowest BCUT2D eigenvalue weighted by Gasteiger charge is -2.13. The number of aromatic hydroxyl groups is 1. The van der Waals surface area contributed by atoms with E-state index in [0.29, 0.717) is 5.56 Å². The zero-order chi connectivity index (χ0) is 13.7. The SMILES string of the molecule is CC(F)c1cc2c(o1)-c1cccc(O)c1C(=O)C2=O. The van der Waals surface area contributed by atoms with Gasteiger partial charge in [-0.15, -0.1) is 0 Å². The van der Waals surface area contributed by atoms with E-state index >= 15 is 0 Å². The summed E-state index contributed by atoms with van der Waals surface area (Å²) in [4.78, 5) is 23.9. The van der Waals surface area contributed by atoms with Gasteiger partial charge in [-0.1, -0.05) is 12.1 Å². The minimum Gasteiger partial charge on any atom is -0.507 e. The summed E-state index contributed by atoms with van der Waals surface area (Å²) in [5.74, 6) is -1.76. The van der Waals surface area contributed by atoms with E-state index in [1.165, 1.54) is 25.1 Å². The third-order valence-corrected chi connectivity index (χ3v) is 3.11. The molecule has 0 saturated carbocycles. The minimum absolute atomic E-state index is 0.0117. The van der Waals surface area contributed by atoms with Crippen LogP contribution in [0.25, 0.3) is 11.3 Å². The Kier molecular flexibility index (Phi) is 2.32. The molecule has 1 aromatic carbocycles. The predicted molar refractivity (Wildman–Crippen MR) is 64.0 cm³/mol. The fraction of sp³-hybridized carbons (Fsp3) is 0.143. The van der Waals surface area contributed by atoms with Gasteiger partial charge in [0.05, 0.1) is 11.1 Å². The number of halogens is 1. The van der Waals surface area contributed by atoms with Gasteiger partial charge < -0.3 is 9.52 Å². The smallest absolute Gasteiger partial charge is 0.238 e. The molecule has 0 spiro atoms. The number of alkyl halides is 1. The van der Waals surface area contributed by atoms with Gasteiger partial charge in [-0.2, -0.15) is 0 Å². The van der Waals surface area contributed by atoms with E-state index in [2.05, 4.69) is 0 Å². The zero-order valence-electron chi connectivity index (χ0n) is 9.94. The van der Waals surface area contributed by atoms with Gasteiger partial charge in [0.2, 0.25) is 11.6 Å². The van der Waals surface area contributed by atoms with Crippen molar-refractivity contribution in [2.45, 2.75) is 13.1 Å². The fourth-order valence-electron chi connectivity index (χ4n) is 2.18. The molecule has 2 aromatic rings. The van der Waals surface area contributed by atoms with E-state index in [1.807, 2.05) is 0 Å². The van der Waals surface area contributed by atoms with Crippen LogP contribution in [0.5, 0.6) is 5.75 Å². The second-order valence-corrected chi connectivity index (χ2v) is 4.37. The second kappa shape index (κ2) is 3.78. The van der Waals surface area contributed by atoms with Crippen molar-refractivity contribution < 1.29 is 23.5 Å². The molecule has 5 heteroatoms. The topological polar surface area (TPSA) is 67.5 Å². The number of ketones is 2. The molecule has 4 nitrogen and oxygen atoms in total. The molecule has 3 rings (SSSR count). The van der Waals surface area contributed by atoms with Crippen LogP contribution in [0.4, 0.5) is 4.39 Å². The van der Waals surface area contributed by atoms with E-state index in [0.717, 1.165) is 0 Å². The Labute approximate surface area is 107 Å². The number of carbonyl (C=O) groups excluding carboxylic acids is 2. The maximum Gasteiger partial charge on any atom is 0.238 e. The summed E-state index contributed by atoms with van der Waals surface area (Å²) in [7, 11) is 0. The van der Waals surface area contributed by atoms with Crippen molar-refractivity contribution >= 4 is 11.6 Å². The minimum atomic E-state index is -1.38. The van der Waals surface area contributed by atoms with Gasteiger partial charge in [0.1, 0.15) is 17.3 Å². The lowest BCUT2D eigenvalue weighted by atomic mass is 9.88. The van der Waals surface area contributed by atoms with Gasteiger partial charge in [0, 0.05) is 5.56 Å². The first kappa shape index (κ1) is 11.6. The van der Waals surface area contributed by atoms with Crippen molar-refractivity contribution in [2.75, 3.05) is 0 Å². The quantitative estimate of drug-likeness (QED) is 0.800. The van der Waals surface area contributed by atoms with Crippen LogP contribution in [0, 0.1) is 0 Å². The molecule has 0 aliphatic heterocycles. The number of rotatable bonds is 1. The first-order chi connectivity index (χ1) is 9.00. The third-order valence-electron chi connectivity index (χ3n) is 3.11. The second-order valence-electron chi connectivity index (χ2n) is 4.37. The molecule has 1 aliphatic rings. The largest absolute Gasteiger partial charge is 0.507 e. The molecule has 1 atom stereocenters. The number of carbonyl (C=O) groups is 2. The van der Waals surface area contributed by atoms with Crippen LogP contribution in [-0.2, 0) is 0 Å². The number of phenolic OH excluding ortho intramolecular Hbond substituents is 1. The molecule has 1 N–H and O–H groups in total. The maximum atomic E-state index is 13.3. The Bertz CT molecular complexity index is 712. The average Bonchev–Trinajstić information content (AvgIpc) is 2.81. The van der Waals surface area contributed by atoms with E-state index in [-0.39, 0.29) is 28.4 Å². The van der Waals surface area contributed by atoms with Crippen LogP contribution in [0.15, 0.2) is 28.7 Å². The number of benzene rings is 1. The molecule has 1 aliphatic carbocycles. The number of fused-ring (bicyclic) bond motifs is 3. The number of phenols is 1. The average molecular weight is 260 g/mol. The zero-order valence-corrected chi connectivity index (χ0v) is 9.94. The fourth-order valence-corrected chi connectivity index (χ4v) is 2.18. The van der Waals surface area contributed by atoms with Crippen molar-refractivity contribution in [3.05, 3.63) is 41.2 Å². The summed E-state index contributed by atoms with van der Waals surface area (Å²) in [5, 5.41) is 9.70.